The SMILES string of the molecule is COc1cc(S(C)(=O)=O)ccc1OCCNCC(COc1ccccc1C)OC(=O)C(=O)OC(CNCCOc1ccc(S(C)(=O)=O)cc1OC)COc1ccccc1C. The van der Waals surface area contributed by atoms with E-state index in [4.69, 9.17) is 37.9 Å². The third-order valence-electron chi connectivity index (χ3n) is 8.69. The molecular weight excluding hydrogens is 821 g/mol. The van der Waals surface area contributed by atoms with Crippen molar-refractivity contribution in [1.82, 2.24) is 10.6 Å². The molecule has 0 aliphatic carbocycles. The minimum atomic E-state index is -3.45. The second-order valence-electron chi connectivity index (χ2n) is 13.5. The predicted octanol–water partition coefficient (Wildman–Crippen LogP) is 3.75. The number of sulfone groups is 2. The zero-order valence-electron chi connectivity index (χ0n) is 34.4. The Labute approximate surface area is 351 Å². The van der Waals surface area contributed by atoms with Gasteiger partial charge in [-0.2, -0.15) is 0 Å². The first-order valence-electron chi connectivity index (χ1n) is 18.8. The van der Waals surface area contributed by atoms with E-state index in [9.17, 15) is 26.4 Å². The van der Waals surface area contributed by atoms with E-state index in [2.05, 4.69) is 10.6 Å². The average Bonchev–Trinajstić information content (AvgIpc) is 3.21. The van der Waals surface area contributed by atoms with E-state index in [1.165, 1.54) is 50.6 Å². The van der Waals surface area contributed by atoms with Crippen molar-refractivity contribution in [2.75, 3.05) is 79.3 Å². The molecular formula is C42H52N2O14S2. The summed E-state index contributed by atoms with van der Waals surface area (Å²) in [6.07, 6.45) is 0.324. The quantitative estimate of drug-likeness (QED) is 0.0586. The molecule has 4 rings (SSSR count). The largest absolute Gasteiger partial charge is 0.493 e. The van der Waals surface area contributed by atoms with Crippen LogP contribution in [0.1, 0.15) is 11.1 Å². The Kier molecular flexibility index (Phi) is 17.8. The number of carbonyl (C=O) groups is 2. The van der Waals surface area contributed by atoms with E-state index in [0.29, 0.717) is 23.0 Å². The fourth-order valence-corrected chi connectivity index (χ4v) is 6.73. The maximum absolute atomic E-state index is 13.2. The highest BCUT2D eigenvalue weighted by molar-refractivity contribution is 7.91. The molecule has 0 aromatic heterocycles. The van der Waals surface area contributed by atoms with Gasteiger partial charge in [0.15, 0.2) is 42.7 Å². The van der Waals surface area contributed by atoms with Crippen LogP contribution < -0.4 is 39.1 Å². The first kappa shape index (κ1) is 47.1. The maximum Gasteiger partial charge on any atom is 0.417 e. The zero-order chi connectivity index (χ0) is 43.7. The summed E-state index contributed by atoms with van der Waals surface area (Å²) >= 11 is 0. The molecule has 4 aromatic carbocycles. The monoisotopic (exact) mass is 872 g/mol. The Morgan fingerprint density at radius 2 is 0.917 bits per heavy atom. The van der Waals surface area contributed by atoms with Crippen molar-refractivity contribution in [3.63, 3.8) is 0 Å². The first-order valence-corrected chi connectivity index (χ1v) is 22.6. The molecule has 2 unspecified atom stereocenters. The van der Waals surface area contributed by atoms with E-state index in [1.807, 2.05) is 38.1 Å². The van der Waals surface area contributed by atoms with Crippen molar-refractivity contribution in [3.05, 3.63) is 96.1 Å². The van der Waals surface area contributed by atoms with Crippen molar-refractivity contribution < 1.29 is 64.3 Å². The number of para-hydroxylation sites is 2. The van der Waals surface area contributed by atoms with Gasteiger partial charge in [-0.1, -0.05) is 36.4 Å². The zero-order valence-corrected chi connectivity index (χ0v) is 36.1. The Balaban J connectivity index is 1.36. The summed E-state index contributed by atoms with van der Waals surface area (Å²) in [5.74, 6) is -0.161. The van der Waals surface area contributed by atoms with Crippen molar-refractivity contribution >= 4 is 31.6 Å². The van der Waals surface area contributed by atoms with Crippen molar-refractivity contribution in [2.45, 2.75) is 35.8 Å². The molecule has 0 saturated heterocycles. The van der Waals surface area contributed by atoms with Gasteiger partial charge in [-0.05, 0) is 61.4 Å². The average molecular weight is 873 g/mol. The Bertz CT molecular complexity index is 2110. The van der Waals surface area contributed by atoms with Crippen LogP contribution in [0.25, 0.3) is 0 Å². The van der Waals surface area contributed by atoms with Crippen LogP contribution in [0.4, 0.5) is 0 Å². The molecule has 0 spiro atoms. The second-order valence-corrected chi connectivity index (χ2v) is 17.5. The maximum atomic E-state index is 13.2. The van der Waals surface area contributed by atoms with E-state index in [-0.39, 0.29) is 73.9 Å². The highest BCUT2D eigenvalue weighted by atomic mass is 32.2. The molecule has 0 aliphatic heterocycles. The summed E-state index contributed by atoms with van der Waals surface area (Å²) in [6.45, 7) is 4.51. The standard InChI is InChI=1S/C42H52N2O14S2/c1-29-11-7-9-13-35(29)55-27-31(25-43-19-21-53-37-17-15-33(59(5,47)48)23-39(37)51-3)57-41(45)42(46)58-32(28-56-36-14-10-8-12-30(36)2)26-44-20-22-54-38-18-16-34(60(6,49)50)24-40(38)52-4/h7-18,23-24,31-32,43-44H,19-22,25-28H2,1-6H3. The number of aryl methyl sites for hydroxylation is 2. The molecule has 60 heavy (non-hydrogen) atoms. The topological polar surface area (TPSA) is 200 Å². The van der Waals surface area contributed by atoms with E-state index >= 15 is 0 Å². The molecule has 0 saturated carbocycles. The third kappa shape index (κ3) is 14.9. The van der Waals surface area contributed by atoms with Gasteiger partial charge in [0.05, 0.1) is 24.0 Å². The van der Waals surface area contributed by atoms with Gasteiger partial charge in [0.25, 0.3) is 0 Å². The van der Waals surface area contributed by atoms with Gasteiger partial charge >= 0.3 is 11.9 Å². The molecule has 2 N–H and O–H groups in total. The molecule has 0 aliphatic rings. The lowest BCUT2D eigenvalue weighted by Crippen LogP contribution is -2.42. The number of nitrogens with one attached hydrogen (secondary N) is 2. The fraction of sp³-hybridized carbons (Fsp3) is 0.381. The van der Waals surface area contributed by atoms with Gasteiger partial charge in [0.2, 0.25) is 0 Å². The minimum absolute atomic E-state index is 0.0710. The van der Waals surface area contributed by atoms with Gasteiger partial charge in [0.1, 0.15) is 50.1 Å². The van der Waals surface area contributed by atoms with Crippen LogP contribution in [0.2, 0.25) is 0 Å². The van der Waals surface area contributed by atoms with Gasteiger partial charge in [-0.25, -0.2) is 26.4 Å². The number of rotatable bonds is 24. The molecule has 326 valence electrons. The van der Waals surface area contributed by atoms with E-state index < -0.39 is 43.8 Å². The van der Waals surface area contributed by atoms with Crippen LogP contribution in [-0.2, 0) is 38.7 Å². The fourth-order valence-electron chi connectivity index (χ4n) is 5.46. The molecule has 2 atom stereocenters. The van der Waals surface area contributed by atoms with E-state index in [0.717, 1.165) is 23.6 Å². The normalized spacial score (nSPS) is 12.4. The Morgan fingerprint density at radius 1 is 0.533 bits per heavy atom. The lowest BCUT2D eigenvalue weighted by atomic mass is 10.2. The summed E-state index contributed by atoms with van der Waals surface area (Å²) in [5.41, 5.74) is 1.72. The number of methoxy groups -OCH3 is 2. The summed E-state index contributed by atoms with van der Waals surface area (Å²) in [7, 11) is -4.08. The van der Waals surface area contributed by atoms with Crippen molar-refractivity contribution in [2.24, 2.45) is 0 Å². The molecule has 0 radical (unpaired) electrons. The number of benzene rings is 4. The number of carbonyl (C=O) groups excluding carboxylic acids is 2. The number of hydrogen-bond acceptors (Lipinski definition) is 16. The van der Waals surface area contributed by atoms with Crippen LogP contribution in [0.5, 0.6) is 34.5 Å². The minimum Gasteiger partial charge on any atom is -0.493 e. The van der Waals surface area contributed by atoms with E-state index in [1.54, 1.807) is 24.3 Å². The number of esters is 2. The first-order chi connectivity index (χ1) is 28.6. The lowest BCUT2D eigenvalue weighted by Gasteiger charge is -2.22. The molecule has 0 heterocycles. The van der Waals surface area contributed by atoms with Gasteiger partial charge in [0, 0.05) is 50.8 Å². The van der Waals surface area contributed by atoms with Crippen molar-refractivity contribution in [3.8, 4) is 34.5 Å². The van der Waals surface area contributed by atoms with Gasteiger partial charge in [-0.3, -0.25) is 0 Å². The number of hydrogen-bond donors (Lipinski definition) is 2. The smallest absolute Gasteiger partial charge is 0.417 e. The molecule has 16 nitrogen and oxygen atoms in total. The lowest BCUT2D eigenvalue weighted by molar-refractivity contribution is -0.175. The highest BCUT2D eigenvalue weighted by Crippen LogP contribution is 2.31. The molecule has 0 fully saturated rings. The van der Waals surface area contributed by atoms with Crippen LogP contribution in [-0.4, -0.2) is 120 Å². The number of ether oxygens (including phenoxy) is 8. The summed E-state index contributed by atoms with van der Waals surface area (Å²) in [5, 5.41) is 6.26. The van der Waals surface area contributed by atoms with Gasteiger partial charge in [-0.15, -0.1) is 0 Å². The Hall–Kier alpha value is -5.56. The summed E-state index contributed by atoms with van der Waals surface area (Å²) in [4.78, 5) is 26.6. The van der Waals surface area contributed by atoms with Gasteiger partial charge < -0.3 is 48.5 Å². The predicted molar refractivity (Wildman–Crippen MR) is 222 cm³/mol. The highest BCUT2D eigenvalue weighted by Gasteiger charge is 2.27. The van der Waals surface area contributed by atoms with Crippen LogP contribution in [0.15, 0.2) is 94.7 Å². The second kappa shape index (κ2) is 22.7. The summed E-state index contributed by atoms with van der Waals surface area (Å²) < 4.78 is 93.1. The molecule has 0 bridgehead atoms. The molecule has 0 amide bonds. The molecule has 18 heteroatoms. The summed E-state index contributed by atoms with van der Waals surface area (Å²) in [6, 6.07) is 23.2. The van der Waals surface area contributed by atoms with Crippen LogP contribution in [0.3, 0.4) is 0 Å². The third-order valence-corrected chi connectivity index (χ3v) is 10.9. The van der Waals surface area contributed by atoms with Crippen LogP contribution >= 0.6 is 0 Å². The van der Waals surface area contributed by atoms with Crippen molar-refractivity contribution in [1.29, 1.82) is 0 Å². The van der Waals surface area contributed by atoms with Crippen LogP contribution in [0, 0.1) is 13.8 Å². The molecule has 4 aromatic rings. The Morgan fingerprint density at radius 3 is 1.27 bits per heavy atom.